The number of hydrogen-bond acceptors (Lipinski definition) is 5. The Morgan fingerprint density at radius 2 is 1.63 bits per heavy atom. The van der Waals surface area contributed by atoms with Crippen LogP contribution in [-0.4, -0.2) is 43.1 Å². The first-order valence-corrected chi connectivity index (χ1v) is 8.48. The lowest BCUT2D eigenvalue weighted by Crippen LogP contribution is -2.35. The summed E-state index contributed by atoms with van der Waals surface area (Å²) < 4.78 is 10.1. The van der Waals surface area contributed by atoms with Gasteiger partial charge in [-0.05, 0) is 36.8 Å². The van der Waals surface area contributed by atoms with E-state index in [4.69, 9.17) is 9.47 Å². The zero-order valence-corrected chi connectivity index (χ0v) is 15.3. The highest BCUT2D eigenvalue weighted by atomic mass is 16.6. The Kier molecular flexibility index (Phi) is 7.37. The largest absolute Gasteiger partial charge is 0.462 e. The molecule has 0 spiro atoms. The summed E-state index contributed by atoms with van der Waals surface area (Å²) in [6, 6.07) is 15.6. The van der Waals surface area contributed by atoms with Gasteiger partial charge in [0.15, 0.2) is 0 Å². The van der Waals surface area contributed by atoms with Gasteiger partial charge >= 0.3 is 12.1 Å². The molecule has 7 heteroatoms. The van der Waals surface area contributed by atoms with Crippen LogP contribution in [-0.2, 0) is 20.9 Å². The summed E-state index contributed by atoms with van der Waals surface area (Å²) in [4.78, 5) is 36.8. The van der Waals surface area contributed by atoms with Gasteiger partial charge in [-0.2, -0.15) is 0 Å². The molecule has 0 aromatic heterocycles. The Morgan fingerprint density at radius 1 is 0.963 bits per heavy atom. The molecule has 0 aliphatic heterocycles. The molecule has 0 saturated carbocycles. The molecule has 0 saturated heterocycles. The minimum atomic E-state index is -0.591. The van der Waals surface area contributed by atoms with Gasteiger partial charge in [-0.1, -0.05) is 30.3 Å². The van der Waals surface area contributed by atoms with Gasteiger partial charge < -0.3 is 19.7 Å². The van der Waals surface area contributed by atoms with Crippen LogP contribution >= 0.6 is 0 Å². The number of hydrogen-bond donors (Lipinski definition) is 1. The van der Waals surface area contributed by atoms with E-state index < -0.39 is 12.1 Å². The van der Waals surface area contributed by atoms with Crippen molar-refractivity contribution in [3.8, 4) is 0 Å². The second-order valence-electron chi connectivity index (χ2n) is 5.74. The average molecular weight is 370 g/mol. The summed E-state index contributed by atoms with van der Waals surface area (Å²) in [5.41, 5.74) is 1.78. The molecule has 0 bridgehead atoms. The summed E-state index contributed by atoms with van der Waals surface area (Å²) in [5, 5.41) is 2.66. The van der Waals surface area contributed by atoms with Crippen molar-refractivity contribution in [2.45, 2.75) is 13.5 Å². The van der Waals surface area contributed by atoms with Crippen LogP contribution < -0.4 is 5.32 Å². The van der Waals surface area contributed by atoms with Crippen LogP contribution in [0, 0.1) is 0 Å². The molecule has 2 aromatic carbocycles. The molecule has 2 amide bonds. The smallest absolute Gasteiger partial charge is 0.410 e. The van der Waals surface area contributed by atoms with Crippen LogP contribution in [0.15, 0.2) is 54.6 Å². The normalized spacial score (nSPS) is 10.0. The Labute approximate surface area is 157 Å². The van der Waals surface area contributed by atoms with Crippen LogP contribution in [0.4, 0.5) is 10.5 Å². The van der Waals surface area contributed by atoms with Crippen molar-refractivity contribution in [2.75, 3.05) is 25.5 Å². The number of ether oxygens (including phenoxy) is 2. The van der Waals surface area contributed by atoms with Crippen LogP contribution in [0.1, 0.15) is 22.8 Å². The van der Waals surface area contributed by atoms with Crippen molar-refractivity contribution in [2.24, 2.45) is 0 Å². The number of rotatable bonds is 7. The second-order valence-corrected chi connectivity index (χ2v) is 5.74. The van der Waals surface area contributed by atoms with Crippen molar-refractivity contribution >= 4 is 23.7 Å². The van der Waals surface area contributed by atoms with E-state index in [1.807, 2.05) is 30.3 Å². The molecule has 0 atom stereocenters. The van der Waals surface area contributed by atoms with Crippen LogP contribution in [0.2, 0.25) is 0 Å². The number of nitrogens with zero attached hydrogens (tertiary/aromatic N) is 1. The number of carbonyl (C=O) groups excluding carboxylic acids is 3. The van der Waals surface area contributed by atoms with E-state index in [-0.39, 0.29) is 19.1 Å². The topological polar surface area (TPSA) is 84.9 Å². The van der Waals surface area contributed by atoms with Gasteiger partial charge in [0.2, 0.25) is 5.91 Å². The summed E-state index contributed by atoms with van der Waals surface area (Å²) in [6.07, 6.45) is -0.591. The predicted molar refractivity (Wildman–Crippen MR) is 100 cm³/mol. The fraction of sp³-hybridized carbons (Fsp3) is 0.250. The summed E-state index contributed by atoms with van der Waals surface area (Å²) in [5.74, 6) is -0.797. The lowest BCUT2D eigenvalue weighted by molar-refractivity contribution is -0.116. The molecule has 0 aliphatic rings. The van der Waals surface area contributed by atoms with E-state index in [1.54, 1.807) is 31.2 Å². The molecular weight excluding hydrogens is 348 g/mol. The van der Waals surface area contributed by atoms with Gasteiger partial charge in [-0.15, -0.1) is 0 Å². The third-order valence-corrected chi connectivity index (χ3v) is 3.58. The first-order valence-electron chi connectivity index (χ1n) is 8.48. The SMILES string of the molecule is CCOC(=O)c1ccc(NC(=O)CN(C)C(=O)OCc2ccccc2)cc1. The molecule has 0 fully saturated rings. The number of anilines is 1. The molecule has 7 nitrogen and oxygen atoms in total. The standard InChI is InChI=1S/C20H22N2O5/c1-3-26-19(24)16-9-11-17(12-10-16)21-18(23)13-22(2)20(25)27-14-15-7-5-4-6-8-15/h4-12H,3,13-14H2,1-2H3,(H,21,23). The van der Waals surface area contributed by atoms with Crippen molar-refractivity contribution < 1.29 is 23.9 Å². The number of carbonyl (C=O) groups is 3. The van der Waals surface area contributed by atoms with Gasteiger partial charge in [-0.3, -0.25) is 4.79 Å². The Balaban J connectivity index is 1.80. The molecule has 142 valence electrons. The zero-order valence-electron chi connectivity index (χ0n) is 15.3. The summed E-state index contributed by atoms with van der Waals surface area (Å²) >= 11 is 0. The Bertz CT molecular complexity index is 775. The molecule has 27 heavy (non-hydrogen) atoms. The molecule has 2 aromatic rings. The maximum atomic E-state index is 12.1. The summed E-state index contributed by atoms with van der Waals surface area (Å²) in [7, 11) is 1.48. The van der Waals surface area contributed by atoms with Crippen LogP contribution in [0.3, 0.4) is 0 Å². The highest BCUT2D eigenvalue weighted by molar-refractivity contribution is 5.95. The Hall–Kier alpha value is -3.35. The van der Waals surface area contributed by atoms with Crippen LogP contribution in [0.25, 0.3) is 0 Å². The molecule has 2 rings (SSSR count). The van der Waals surface area contributed by atoms with Gasteiger partial charge in [0.25, 0.3) is 0 Å². The number of likely N-dealkylation sites (N-methyl/N-ethyl adjacent to an activating group) is 1. The average Bonchev–Trinajstić information content (AvgIpc) is 2.67. The van der Waals surface area contributed by atoms with E-state index in [1.165, 1.54) is 11.9 Å². The van der Waals surface area contributed by atoms with E-state index in [0.717, 1.165) is 5.56 Å². The lowest BCUT2D eigenvalue weighted by atomic mass is 10.2. The first kappa shape index (κ1) is 20.0. The van der Waals surface area contributed by atoms with Crippen molar-refractivity contribution in [3.05, 3.63) is 65.7 Å². The maximum absolute atomic E-state index is 12.1. The molecule has 0 radical (unpaired) electrons. The second kappa shape index (κ2) is 9.96. The fourth-order valence-corrected chi connectivity index (χ4v) is 2.21. The van der Waals surface area contributed by atoms with Crippen molar-refractivity contribution in [3.63, 3.8) is 0 Å². The minimum absolute atomic E-state index is 0.140. The van der Waals surface area contributed by atoms with Gasteiger partial charge in [-0.25, -0.2) is 9.59 Å². The fourth-order valence-electron chi connectivity index (χ4n) is 2.21. The van der Waals surface area contributed by atoms with E-state index in [2.05, 4.69) is 5.32 Å². The number of benzene rings is 2. The molecule has 0 heterocycles. The molecular formula is C20H22N2O5. The molecule has 0 aliphatic carbocycles. The highest BCUT2D eigenvalue weighted by Crippen LogP contribution is 2.11. The molecule has 0 unspecified atom stereocenters. The van der Waals surface area contributed by atoms with Crippen molar-refractivity contribution in [1.29, 1.82) is 0 Å². The first-order chi connectivity index (χ1) is 13.0. The van der Waals surface area contributed by atoms with Crippen LogP contribution in [0.5, 0.6) is 0 Å². The third-order valence-electron chi connectivity index (χ3n) is 3.58. The zero-order chi connectivity index (χ0) is 19.6. The van der Waals surface area contributed by atoms with E-state index >= 15 is 0 Å². The monoisotopic (exact) mass is 370 g/mol. The maximum Gasteiger partial charge on any atom is 0.410 e. The van der Waals surface area contributed by atoms with Gasteiger partial charge in [0.05, 0.1) is 12.2 Å². The quantitative estimate of drug-likeness (QED) is 0.757. The van der Waals surface area contributed by atoms with Gasteiger partial charge in [0, 0.05) is 12.7 Å². The van der Waals surface area contributed by atoms with Gasteiger partial charge in [0.1, 0.15) is 13.2 Å². The predicted octanol–water partition coefficient (Wildman–Crippen LogP) is 3.07. The molecule has 1 N–H and O–H groups in total. The third kappa shape index (κ3) is 6.47. The number of nitrogens with one attached hydrogen (secondary N) is 1. The van der Waals surface area contributed by atoms with Crippen molar-refractivity contribution in [1.82, 2.24) is 4.90 Å². The Morgan fingerprint density at radius 3 is 2.26 bits per heavy atom. The summed E-state index contributed by atoms with van der Waals surface area (Å²) in [6.45, 7) is 2.01. The number of esters is 1. The van der Waals surface area contributed by atoms with E-state index in [0.29, 0.717) is 17.9 Å². The number of amides is 2. The minimum Gasteiger partial charge on any atom is -0.462 e. The van der Waals surface area contributed by atoms with E-state index in [9.17, 15) is 14.4 Å². The lowest BCUT2D eigenvalue weighted by Gasteiger charge is -2.16. The highest BCUT2D eigenvalue weighted by Gasteiger charge is 2.15.